The molecule has 2 saturated carbocycles. The van der Waals surface area contributed by atoms with E-state index in [0.29, 0.717) is 0 Å². The van der Waals surface area contributed by atoms with E-state index in [9.17, 15) is 8.78 Å². The van der Waals surface area contributed by atoms with Crippen molar-refractivity contribution in [2.45, 2.75) is 51.9 Å². The van der Waals surface area contributed by atoms with E-state index in [4.69, 9.17) is 5.73 Å². The molecule has 0 aliphatic heterocycles. The highest BCUT2D eigenvalue weighted by molar-refractivity contribution is 5.14. The first kappa shape index (κ1) is 11.3. The summed E-state index contributed by atoms with van der Waals surface area (Å²) < 4.78 is 26.8. The lowest BCUT2D eigenvalue weighted by atomic mass is 9.67. The summed E-state index contributed by atoms with van der Waals surface area (Å²) in [6, 6.07) is 0. The van der Waals surface area contributed by atoms with Gasteiger partial charge in [-0.15, -0.1) is 0 Å². The number of rotatable bonds is 2. The molecule has 2 aliphatic carbocycles. The van der Waals surface area contributed by atoms with Crippen molar-refractivity contribution in [1.82, 2.24) is 0 Å². The van der Waals surface area contributed by atoms with Crippen LogP contribution in [0.4, 0.5) is 8.78 Å². The molecule has 0 spiro atoms. The van der Waals surface area contributed by atoms with Gasteiger partial charge < -0.3 is 5.73 Å². The zero-order valence-electron chi connectivity index (χ0n) is 9.65. The van der Waals surface area contributed by atoms with Crippen molar-refractivity contribution in [2.24, 2.45) is 22.5 Å². The minimum atomic E-state index is -2.49. The molecular formula is C12H21F2N. The van der Waals surface area contributed by atoms with Crippen molar-refractivity contribution in [1.29, 1.82) is 0 Å². The van der Waals surface area contributed by atoms with Gasteiger partial charge in [-0.2, -0.15) is 0 Å². The van der Waals surface area contributed by atoms with Crippen LogP contribution in [-0.4, -0.2) is 12.5 Å². The Balaban J connectivity index is 2.11. The molecule has 2 N–H and O–H groups in total. The third-order valence-electron chi connectivity index (χ3n) is 4.49. The van der Waals surface area contributed by atoms with Crippen LogP contribution in [-0.2, 0) is 0 Å². The molecule has 0 aromatic rings. The second-order valence-corrected chi connectivity index (χ2v) is 6.20. The summed E-state index contributed by atoms with van der Waals surface area (Å²) in [5.74, 6) is -2.35. The van der Waals surface area contributed by atoms with Gasteiger partial charge in [0.2, 0.25) is 0 Å². The van der Waals surface area contributed by atoms with Crippen LogP contribution in [0.25, 0.3) is 0 Å². The quantitative estimate of drug-likeness (QED) is 0.755. The molecule has 0 aromatic heterocycles. The fourth-order valence-electron chi connectivity index (χ4n) is 3.35. The van der Waals surface area contributed by atoms with Crippen LogP contribution in [0.15, 0.2) is 0 Å². The fraction of sp³-hybridized carbons (Fsp3) is 1.00. The second kappa shape index (κ2) is 3.16. The molecule has 0 heterocycles. The number of halogens is 2. The summed E-state index contributed by atoms with van der Waals surface area (Å²) in [5, 5.41) is 0. The highest BCUT2D eigenvalue weighted by atomic mass is 19.3. The minimum Gasteiger partial charge on any atom is -0.330 e. The molecule has 15 heavy (non-hydrogen) atoms. The number of hydrogen-bond donors (Lipinski definition) is 1. The smallest absolute Gasteiger partial charge is 0.256 e. The van der Waals surface area contributed by atoms with E-state index in [1.807, 2.05) is 0 Å². The molecular weight excluding hydrogens is 196 g/mol. The van der Waals surface area contributed by atoms with Gasteiger partial charge in [0.05, 0.1) is 5.41 Å². The van der Waals surface area contributed by atoms with Gasteiger partial charge in [0.15, 0.2) is 0 Å². The Hall–Kier alpha value is -0.180. The monoisotopic (exact) mass is 217 g/mol. The van der Waals surface area contributed by atoms with Gasteiger partial charge in [-0.3, -0.25) is 0 Å². The summed E-state index contributed by atoms with van der Waals surface area (Å²) in [4.78, 5) is 0. The molecule has 3 heteroatoms. The molecule has 0 saturated heterocycles. The predicted molar refractivity (Wildman–Crippen MR) is 56.8 cm³/mol. The molecule has 0 bridgehead atoms. The molecule has 2 rings (SSSR count). The molecule has 2 atom stereocenters. The first-order valence-electron chi connectivity index (χ1n) is 5.91. The van der Waals surface area contributed by atoms with Crippen LogP contribution in [0, 0.1) is 16.7 Å². The van der Waals surface area contributed by atoms with Crippen LogP contribution < -0.4 is 5.73 Å². The van der Waals surface area contributed by atoms with Crippen LogP contribution in [0.5, 0.6) is 0 Å². The SMILES string of the molecule is CC1(C)CCCC(C2(CN)CC2(F)F)C1. The highest BCUT2D eigenvalue weighted by Gasteiger charge is 2.73. The lowest BCUT2D eigenvalue weighted by Gasteiger charge is -2.39. The van der Waals surface area contributed by atoms with E-state index in [1.165, 1.54) is 0 Å². The first-order chi connectivity index (χ1) is 6.83. The summed E-state index contributed by atoms with van der Waals surface area (Å²) in [6.07, 6.45) is 4.12. The maximum Gasteiger partial charge on any atom is 0.256 e. The number of alkyl halides is 2. The molecule has 2 aliphatic rings. The maximum atomic E-state index is 13.4. The van der Waals surface area contributed by atoms with E-state index >= 15 is 0 Å². The van der Waals surface area contributed by atoms with Crippen molar-refractivity contribution in [3.05, 3.63) is 0 Å². The molecule has 2 unspecified atom stereocenters. The zero-order chi connectivity index (χ0) is 11.3. The summed E-state index contributed by atoms with van der Waals surface area (Å²) in [6.45, 7) is 4.52. The molecule has 2 fully saturated rings. The summed E-state index contributed by atoms with van der Waals surface area (Å²) in [7, 11) is 0. The zero-order valence-corrected chi connectivity index (χ0v) is 9.65. The van der Waals surface area contributed by atoms with Gasteiger partial charge in [-0.1, -0.05) is 20.3 Å². The normalized spacial score (nSPS) is 42.6. The Labute approximate surface area is 90.4 Å². The topological polar surface area (TPSA) is 26.0 Å². The van der Waals surface area contributed by atoms with Gasteiger partial charge in [0.25, 0.3) is 5.92 Å². The second-order valence-electron chi connectivity index (χ2n) is 6.20. The van der Waals surface area contributed by atoms with Gasteiger partial charge in [0.1, 0.15) is 0 Å². The van der Waals surface area contributed by atoms with E-state index in [-0.39, 0.29) is 24.3 Å². The lowest BCUT2D eigenvalue weighted by Crippen LogP contribution is -2.36. The first-order valence-corrected chi connectivity index (χ1v) is 5.91. The third kappa shape index (κ3) is 1.69. The highest BCUT2D eigenvalue weighted by Crippen LogP contribution is 2.67. The largest absolute Gasteiger partial charge is 0.330 e. The molecule has 1 nitrogen and oxygen atoms in total. The van der Waals surface area contributed by atoms with E-state index in [1.54, 1.807) is 0 Å². The number of nitrogens with two attached hydrogens (primary N) is 1. The average molecular weight is 217 g/mol. The fourth-order valence-corrected chi connectivity index (χ4v) is 3.35. The van der Waals surface area contributed by atoms with Crippen LogP contribution in [0.1, 0.15) is 46.0 Å². The van der Waals surface area contributed by atoms with Crippen LogP contribution >= 0.6 is 0 Å². The molecule has 88 valence electrons. The van der Waals surface area contributed by atoms with Crippen molar-refractivity contribution >= 4 is 0 Å². The van der Waals surface area contributed by atoms with Crippen molar-refractivity contribution in [3.8, 4) is 0 Å². The summed E-state index contributed by atoms with van der Waals surface area (Å²) in [5.41, 5.74) is 4.97. The molecule has 0 amide bonds. The predicted octanol–water partition coefficient (Wildman–Crippen LogP) is 3.19. The Bertz CT molecular complexity index is 262. The van der Waals surface area contributed by atoms with E-state index in [2.05, 4.69) is 13.8 Å². The van der Waals surface area contributed by atoms with Crippen molar-refractivity contribution in [3.63, 3.8) is 0 Å². The minimum absolute atomic E-state index is 0.0250. The van der Waals surface area contributed by atoms with Gasteiger partial charge in [0, 0.05) is 13.0 Å². The van der Waals surface area contributed by atoms with E-state index in [0.717, 1.165) is 25.7 Å². The Morgan fingerprint density at radius 1 is 1.33 bits per heavy atom. The van der Waals surface area contributed by atoms with Gasteiger partial charge in [-0.05, 0) is 30.6 Å². The van der Waals surface area contributed by atoms with E-state index < -0.39 is 11.3 Å². The lowest BCUT2D eigenvalue weighted by molar-refractivity contribution is 0.0149. The van der Waals surface area contributed by atoms with Gasteiger partial charge >= 0.3 is 0 Å². The maximum absolute atomic E-state index is 13.4. The van der Waals surface area contributed by atoms with Crippen LogP contribution in [0.2, 0.25) is 0 Å². The Kier molecular flexibility index (Phi) is 2.38. The van der Waals surface area contributed by atoms with Crippen molar-refractivity contribution < 1.29 is 8.78 Å². The number of hydrogen-bond acceptors (Lipinski definition) is 1. The van der Waals surface area contributed by atoms with Crippen molar-refractivity contribution in [2.75, 3.05) is 6.54 Å². The van der Waals surface area contributed by atoms with Crippen LogP contribution in [0.3, 0.4) is 0 Å². The van der Waals surface area contributed by atoms with Gasteiger partial charge in [-0.25, -0.2) is 8.78 Å². The standard InChI is InChI=1S/C12H21F2N/c1-10(2)5-3-4-9(6-10)11(8-15)7-12(11,13)14/h9H,3-8,15H2,1-2H3. The average Bonchev–Trinajstić information content (AvgIpc) is 2.68. The Morgan fingerprint density at radius 2 is 1.93 bits per heavy atom. The summed E-state index contributed by atoms with van der Waals surface area (Å²) >= 11 is 0. The molecule has 0 aromatic carbocycles. The Morgan fingerprint density at radius 3 is 2.33 bits per heavy atom. The third-order valence-corrected chi connectivity index (χ3v) is 4.49. The molecule has 0 radical (unpaired) electrons.